The molecule has 1 aromatic rings. The molecule has 1 aliphatic heterocycles. The molecule has 1 saturated heterocycles. The molecule has 1 N–H and O–H groups in total. The third kappa shape index (κ3) is 4.38. The number of nitrogens with one attached hydrogen (secondary N) is 1. The summed E-state index contributed by atoms with van der Waals surface area (Å²) < 4.78 is 29.3. The summed E-state index contributed by atoms with van der Waals surface area (Å²) >= 11 is 0. The van der Waals surface area contributed by atoms with Gasteiger partial charge in [-0.2, -0.15) is 8.78 Å². The molecule has 0 spiro atoms. The van der Waals surface area contributed by atoms with Gasteiger partial charge in [0.05, 0.1) is 0 Å². The molecule has 2 atom stereocenters. The van der Waals surface area contributed by atoms with Crippen molar-refractivity contribution in [2.24, 2.45) is 5.92 Å². The maximum absolute atomic E-state index is 12.4. The molecule has 0 saturated carbocycles. The predicted octanol–water partition coefficient (Wildman–Crippen LogP) is 3.28. The minimum Gasteiger partial charge on any atom is -0.435 e. The second-order valence-electron chi connectivity index (χ2n) is 5.57. The number of hydrogen-bond donors (Lipinski definition) is 1. The van der Waals surface area contributed by atoms with E-state index in [0.29, 0.717) is 5.92 Å². The van der Waals surface area contributed by atoms with Gasteiger partial charge in [0, 0.05) is 32.2 Å². The van der Waals surface area contributed by atoms with Gasteiger partial charge in [-0.3, -0.25) is 4.90 Å². The predicted molar refractivity (Wildman–Crippen MR) is 79.7 cm³/mol. The van der Waals surface area contributed by atoms with E-state index in [9.17, 15) is 8.78 Å². The van der Waals surface area contributed by atoms with Gasteiger partial charge in [-0.05, 0) is 23.6 Å². The lowest BCUT2D eigenvalue weighted by Crippen LogP contribution is -2.46. The van der Waals surface area contributed by atoms with E-state index in [1.807, 2.05) is 6.07 Å². The first-order chi connectivity index (χ1) is 10.1. The summed E-state index contributed by atoms with van der Waals surface area (Å²) in [4.78, 5) is 2.44. The maximum atomic E-state index is 12.4. The summed E-state index contributed by atoms with van der Waals surface area (Å²) in [5.74, 6) is 0.704. The lowest BCUT2D eigenvalue weighted by atomic mass is 9.90. The highest BCUT2D eigenvalue weighted by Crippen LogP contribution is 2.33. The van der Waals surface area contributed by atoms with E-state index in [1.54, 1.807) is 18.2 Å². The smallest absolute Gasteiger partial charge is 0.387 e. The van der Waals surface area contributed by atoms with E-state index in [0.717, 1.165) is 38.2 Å². The van der Waals surface area contributed by atoms with Gasteiger partial charge in [0.15, 0.2) is 0 Å². The zero-order chi connectivity index (χ0) is 15.2. The SMILES string of the molecule is CCC(C)[C@H](c1cccc(OC(F)F)c1)N1CCNCC1. The number of halogens is 2. The van der Waals surface area contributed by atoms with Crippen LogP contribution in [0.15, 0.2) is 24.3 Å². The minimum absolute atomic E-state index is 0.242. The molecule has 0 radical (unpaired) electrons. The molecule has 1 unspecified atom stereocenters. The van der Waals surface area contributed by atoms with Gasteiger partial charge in [0.25, 0.3) is 0 Å². The lowest BCUT2D eigenvalue weighted by Gasteiger charge is -2.38. The Morgan fingerprint density at radius 1 is 1.29 bits per heavy atom. The highest BCUT2D eigenvalue weighted by Gasteiger charge is 2.26. The average molecular weight is 298 g/mol. The summed E-state index contributed by atoms with van der Waals surface area (Å²) in [6.07, 6.45) is 1.05. The summed E-state index contributed by atoms with van der Waals surface area (Å²) in [6, 6.07) is 7.40. The number of piperazine rings is 1. The van der Waals surface area contributed by atoms with Crippen LogP contribution in [-0.2, 0) is 0 Å². The summed E-state index contributed by atoms with van der Waals surface area (Å²) in [6.45, 7) is 5.51. The van der Waals surface area contributed by atoms with Crippen LogP contribution in [0.3, 0.4) is 0 Å². The number of ether oxygens (including phenoxy) is 1. The second-order valence-corrected chi connectivity index (χ2v) is 5.57. The van der Waals surface area contributed by atoms with Crippen molar-refractivity contribution in [3.63, 3.8) is 0 Å². The van der Waals surface area contributed by atoms with Crippen LogP contribution in [0.5, 0.6) is 5.75 Å². The Bertz CT molecular complexity index is 436. The number of rotatable bonds is 6. The van der Waals surface area contributed by atoms with Crippen molar-refractivity contribution in [2.75, 3.05) is 26.2 Å². The lowest BCUT2D eigenvalue weighted by molar-refractivity contribution is -0.0499. The highest BCUT2D eigenvalue weighted by atomic mass is 19.3. The Balaban J connectivity index is 2.23. The monoisotopic (exact) mass is 298 g/mol. The van der Waals surface area contributed by atoms with Crippen LogP contribution in [0.25, 0.3) is 0 Å². The molecule has 0 aliphatic carbocycles. The van der Waals surface area contributed by atoms with Crippen LogP contribution in [-0.4, -0.2) is 37.7 Å². The Morgan fingerprint density at radius 2 is 2.00 bits per heavy atom. The van der Waals surface area contributed by atoms with Crippen molar-refractivity contribution >= 4 is 0 Å². The maximum Gasteiger partial charge on any atom is 0.387 e. The van der Waals surface area contributed by atoms with E-state index in [4.69, 9.17) is 0 Å². The first-order valence-electron chi connectivity index (χ1n) is 7.61. The minimum atomic E-state index is -2.78. The normalized spacial score (nSPS) is 19.5. The standard InChI is InChI=1S/C16H24F2N2O/c1-3-12(2)15(20-9-7-19-8-10-20)13-5-4-6-14(11-13)21-16(17)18/h4-6,11-12,15-16,19H,3,7-10H2,1-2H3/t12?,15-/m1/s1. The molecule has 0 amide bonds. The van der Waals surface area contributed by atoms with Gasteiger partial charge >= 0.3 is 6.61 Å². The Hall–Kier alpha value is -1.20. The number of hydrogen-bond acceptors (Lipinski definition) is 3. The van der Waals surface area contributed by atoms with E-state index >= 15 is 0 Å². The Kier molecular flexibility index (Phi) is 5.94. The molecule has 3 nitrogen and oxygen atoms in total. The number of benzene rings is 1. The molecule has 1 aliphatic rings. The van der Waals surface area contributed by atoms with Crippen molar-refractivity contribution in [1.82, 2.24) is 10.2 Å². The third-order valence-electron chi connectivity index (χ3n) is 4.15. The highest BCUT2D eigenvalue weighted by molar-refractivity contribution is 5.31. The summed E-state index contributed by atoms with van der Waals surface area (Å²) in [5, 5.41) is 3.35. The second kappa shape index (κ2) is 7.71. The van der Waals surface area contributed by atoms with Gasteiger partial charge in [-0.1, -0.05) is 32.4 Å². The summed E-state index contributed by atoms with van der Waals surface area (Å²) in [5.41, 5.74) is 1.06. The van der Waals surface area contributed by atoms with E-state index in [-0.39, 0.29) is 11.8 Å². The zero-order valence-corrected chi connectivity index (χ0v) is 12.7. The average Bonchev–Trinajstić information content (AvgIpc) is 2.48. The van der Waals surface area contributed by atoms with E-state index in [2.05, 4.69) is 28.8 Å². The first-order valence-corrected chi connectivity index (χ1v) is 7.61. The van der Waals surface area contributed by atoms with E-state index < -0.39 is 6.61 Å². The van der Waals surface area contributed by atoms with Gasteiger partial charge in [0.2, 0.25) is 0 Å². The molecule has 5 heteroatoms. The van der Waals surface area contributed by atoms with Crippen molar-refractivity contribution in [3.05, 3.63) is 29.8 Å². The fourth-order valence-electron chi connectivity index (χ4n) is 2.96. The molecule has 1 fully saturated rings. The van der Waals surface area contributed by atoms with Crippen LogP contribution in [0, 0.1) is 5.92 Å². The largest absolute Gasteiger partial charge is 0.435 e. The molecule has 21 heavy (non-hydrogen) atoms. The van der Waals surface area contributed by atoms with Crippen molar-refractivity contribution in [3.8, 4) is 5.75 Å². The number of alkyl halides is 2. The van der Waals surface area contributed by atoms with Crippen LogP contribution in [0.2, 0.25) is 0 Å². The zero-order valence-electron chi connectivity index (χ0n) is 12.7. The van der Waals surface area contributed by atoms with Crippen molar-refractivity contribution < 1.29 is 13.5 Å². The molecule has 1 aromatic carbocycles. The molecular formula is C16H24F2N2O. The molecule has 1 heterocycles. The van der Waals surface area contributed by atoms with Gasteiger partial charge in [0.1, 0.15) is 5.75 Å². The van der Waals surface area contributed by atoms with Crippen LogP contribution in [0.1, 0.15) is 31.9 Å². The van der Waals surface area contributed by atoms with Gasteiger partial charge < -0.3 is 10.1 Å². The van der Waals surface area contributed by atoms with Crippen molar-refractivity contribution in [1.29, 1.82) is 0 Å². The van der Waals surface area contributed by atoms with Crippen LogP contribution in [0.4, 0.5) is 8.78 Å². The topological polar surface area (TPSA) is 24.5 Å². The molecule has 0 bridgehead atoms. The van der Waals surface area contributed by atoms with Crippen LogP contribution < -0.4 is 10.1 Å². The first kappa shape index (κ1) is 16.2. The Labute approximate surface area is 125 Å². The van der Waals surface area contributed by atoms with Gasteiger partial charge in [-0.25, -0.2) is 0 Å². The fraction of sp³-hybridized carbons (Fsp3) is 0.625. The quantitative estimate of drug-likeness (QED) is 0.872. The molecule has 118 valence electrons. The summed E-state index contributed by atoms with van der Waals surface area (Å²) in [7, 11) is 0. The molecular weight excluding hydrogens is 274 g/mol. The van der Waals surface area contributed by atoms with Crippen LogP contribution >= 0.6 is 0 Å². The molecule has 0 aromatic heterocycles. The van der Waals surface area contributed by atoms with Crippen molar-refractivity contribution in [2.45, 2.75) is 32.9 Å². The van der Waals surface area contributed by atoms with E-state index in [1.165, 1.54) is 0 Å². The third-order valence-corrected chi connectivity index (χ3v) is 4.15. The van der Waals surface area contributed by atoms with Gasteiger partial charge in [-0.15, -0.1) is 0 Å². The fourth-order valence-corrected chi connectivity index (χ4v) is 2.96. The number of nitrogens with zero attached hydrogens (tertiary/aromatic N) is 1. The molecule has 2 rings (SSSR count). The Morgan fingerprint density at radius 3 is 2.62 bits per heavy atom.